The number of ether oxygens (including phenoxy) is 2. The van der Waals surface area contributed by atoms with Crippen LogP contribution in [-0.4, -0.2) is 84.5 Å². The number of anilines is 2. The molecule has 0 heterocycles. The third-order valence-electron chi connectivity index (χ3n) is 11.6. The normalized spacial score (nSPS) is 12.8. The Morgan fingerprint density at radius 3 is 1.22 bits per heavy atom. The van der Waals surface area contributed by atoms with E-state index >= 15 is 0 Å². The summed E-state index contributed by atoms with van der Waals surface area (Å²) in [6.45, 7) is 23.7. The molecule has 0 aliphatic rings. The highest BCUT2D eigenvalue weighted by atomic mass is 16.5. The summed E-state index contributed by atoms with van der Waals surface area (Å²) in [6.07, 6.45) is 2.82. The first-order valence-corrected chi connectivity index (χ1v) is 26.0. The Hall–Kier alpha value is -6.37. The van der Waals surface area contributed by atoms with Gasteiger partial charge in [-0.05, 0) is 85.3 Å². The van der Waals surface area contributed by atoms with E-state index in [9.17, 15) is 43.2 Å². The number of carbonyl (C=O) groups excluding carboxylic acids is 9. The van der Waals surface area contributed by atoms with Crippen molar-refractivity contribution in [3.63, 3.8) is 0 Å². The number of rotatable bonds is 32. The molecule has 0 unspecified atom stereocenters. The quantitative estimate of drug-likeness (QED) is 0.0265. The molecule has 0 aliphatic carbocycles. The van der Waals surface area contributed by atoms with Crippen molar-refractivity contribution in [2.45, 2.75) is 166 Å². The SMILES string of the molecule is CC(C)CCC(=O)N[C@H](C(=O)C[C@@H](CCCNC(N)=O)C(=O)Nc1ccc(COC(=O)C(C)C)cc1)C(C)C.CC(C)N[C@H](C(=O)C[C@@H](CCCNC(N)=O)C(=O)Nc1ccc(COC(=O)C(C)C)cc1)C(C)C. The zero-order valence-corrected chi connectivity index (χ0v) is 46.0. The summed E-state index contributed by atoms with van der Waals surface area (Å²) in [5.41, 5.74) is 13.0. The number of Topliss-reactive ketones (excluding diaryl/α,β-unsaturated/α-hetero) is 2. The van der Waals surface area contributed by atoms with Crippen LogP contribution in [0.3, 0.4) is 0 Å². The fourth-order valence-corrected chi connectivity index (χ4v) is 7.31. The van der Waals surface area contributed by atoms with E-state index in [1.165, 1.54) is 0 Å². The molecule has 2 rings (SSSR count). The molecule has 10 N–H and O–H groups in total. The van der Waals surface area contributed by atoms with Crippen molar-refractivity contribution in [1.29, 1.82) is 0 Å². The van der Waals surface area contributed by atoms with Crippen LogP contribution in [0, 0.1) is 41.4 Å². The molecule has 0 saturated carbocycles. The van der Waals surface area contributed by atoms with Crippen molar-refractivity contribution in [3.8, 4) is 0 Å². The first-order valence-electron chi connectivity index (χ1n) is 26.0. The number of hydrogen-bond acceptors (Lipinski definition) is 12. The third-order valence-corrected chi connectivity index (χ3v) is 11.6. The van der Waals surface area contributed by atoms with Crippen LogP contribution >= 0.6 is 0 Å². The minimum absolute atomic E-state index is 0.0148. The van der Waals surface area contributed by atoms with Gasteiger partial charge in [-0.1, -0.05) is 107 Å². The number of benzene rings is 2. The van der Waals surface area contributed by atoms with E-state index in [-0.39, 0.29) is 110 Å². The average Bonchev–Trinajstić information content (AvgIpc) is 3.32. The first-order chi connectivity index (χ1) is 34.7. The van der Waals surface area contributed by atoms with Crippen LogP contribution in [0.1, 0.15) is 146 Å². The lowest BCUT2D eigenvalue weighted by atomic mass is 9.89. The highest BCUT2D eigenvalue weighted by Crippen LogP contribution is 2.22. The lowest BCUT2D eigenvalue weighted by Crippen LogP contribution is -2.45. The summed E-state index contributed by atoms with van der Waals surface area (Å²) < 4.78 is 10.5. The van der Waals surface area contributed by atoms with Crippen molar-refractivity contribution in [1.82, 2.24) is 21.3 Å². The van der Waals surface area contributed by atoms with Crippen molar-refractivity contribution in [3.05, 3.63) is 59.7 Å². The molecule has 0 aromatic heterocycles. The minimum atomic E-state index is -0.698. The van der Waals surface area contributed by atoms with Gasteiger partial charge in [-0.3, -0.25) is 33.6 Å². The minimum Gasteiger partial charge on any atom is -0.461 e. The average molecular weight is 1040 g/mol. The maximum atomic E-state index is 13.3. The largest absolute Gasteiger partial charge is 0.461 e. The van der Waals surface area contributed by atoms with Crippen molar-refractivity contribution < 1.29 is 52.6 Å². The van der Waals surface area contributed by atoms with Gasteiger partial charge in [-0.25, -0.2) is 9.59 Å². The summed E-state index contributed by atoms with van der Waals surface area (Å²) in [4.78, 5) is 110. The molecule has 0 spiro atoms. The van der Waals surface area contributed by atoms with Gasteiger partial charge >= 0.3 is 24.0 Å². The molecular formula is C55H88N8O11. The number of primary amides is 2. The zero-order chi connectivity index (χ0) is 56.1. The third kappa shape index (κ3) is 28.2. The fourth-order valence-electron chi connectivity index (χ4n) is 7.31. The van der Waals surface area contributed by atoms with Crippen molar-refractivity contribution in [2.75, 3.05) is 23.7 Å². The van der Waals surface area contributed by atoms with Gasteiger partial charge in [0.05, 0.1) is 23.9 Å². The molecule has 0 bridgehead atoms. The molecule has 0 aliphatic heterocycles. The molecule has 414 valence electrons. The lowest BCUT2D eigenvalue weighted by molar-refractivity contribution is -0.149. The standard InChI is InChI=1S/C29H46N4O6.C26H42N4O5/c1-18(2)9-14-25(35)33-26(19(3)4)24(34)16-22(8-7-15-31-29(30)38)27(36)32-23-12-10-21(11-13-23)17-39-28(37)20(5)6;1-16(2)23(29-18(5)6)22(31)14-20(8-7-13-28-26(27)34)24(32)30-21-11-9-19(10-12-21)15-35-25(33)17(3)4/h10-13,18-20,22,26H,7-9,14-17H2,1-6H3,(H,32,36)(H,33,35)(H3,30,31,38);9-12,16-18,20,23,29H,7-8,13-15H2,1-6H3,(H,30,32)(H3,27,28,34)/t22-,26+;20-,23+/m11/s1. The van der Waals surface area contributed by atoms with Crippen LogP contribution in [0.15, 0.2) is 48.5 Å². The van der Waals surface area contributed by atoms with E-state index < -0.39 is 29.9 Å². The first kappa shape index (κ1) is 65.6. The van der Waals surface area contributed by atoms with E-state index in [2.05, 4.69) is 31.9 Å². The zero-order valence-electron chi connectivity index (χ0n) is 46.0. The number of nitrogens with two attached hydrogens (primary N) is 2. The second-order valence-corrected chi connectivity index (χ2v) is 20.8. The Kier molecular flexibility index (Phi) is 31.0. The highest BCUT2D eigenvalue weighted by Gasteiger charge is 2.31. The van der Waals surface area contributed by atoms with E-state index in [0.717, 1.165) is 17.5 Å². The molecule has 0 fully saturated rings. The van der Waals surface area contributed by atoms with Crippen LogP contribution in [0.5, 0.6) is 0 Å². The Labute approximate surface area is 439 Å². The Morgan fingerprint density at radius 1 is 0.514 bits per heavy atom. The smallest absolute Gasteiger partial charge is 0.312 e. The van der Waals surface area contributed by atoms with Crippen LogP contribution in [-0.2, 0) is 56.2 Å². The number of urea groups is 2. The summed E-state index contributed by atoms with van der Waals surface area (Å²) in [6, 6.07) is 11.8. The topological polar surface area (TPSA) is 296 Å². The summed E-state index contributed by atoms with van der Waals surface area (Å²) in [5.74, 6) is -2.90. The monoisotopic (exact) mass is 1040 g/mol. The predicted octanol–water partition coefficient (Wildman–Crippen LogP) is 7.30. The van der Waals surface area contributed by atoms with Gasteiger partial charge in [-0.15, -0.1) is 0 Å². The summed E-state index contributed by atoms with van der Waals surface area (Å²) in [7, 11) is 0. The number of carbonyl (C=O) groups is 9. The van der Waals surface area contributed by atoms with E-state index in [1.807, 2.05) is 55.4 Å². The number of hydrogen-bond donors (Lipinski definition) is 8. The van der Waals surface area contributed by atoms with E-state index in [1.54, 1.807) is 76.2 Å². The Morgan fingerprint density at radius 2 is 0.892 bits per heavy atom. The molecule has 2 aromatic carbocycles. The second-order valence-electron chi connectivity index (χ2n) is 20.8. The van der Waals surface area contributed by atoms with Gasteiger partial charge in [0.2, 0.25) is 17.7 Å². The summed E-state index contributed by atoms with van der Waals surface area (Å²) >= 11 is 0. The van der Waals surface area contributed by atoms with Gasteiger partial charge < -0.3 is 52.8 Å². The van der Waals surface area contributed by atoms with Crippen LogP contribution in [0.25, 0.3) is 0 Å². The molecule has 4 atom stereocenters. The molecule has 0 radical (unpaired) electrons. The maximum absolute atomic E-state index is 13.3. The van der Waals surface area contributed by atoms with Crippen LogP contribution < -0.4 is 43.4 Å². The van der Waals surface area contributed by atoms with Crippen LogP contribution in [0.4, 0.5) is 21.0 Å². The number of esters is 2. The van der Waals surface area contributed by atoms with E-state index in [0.29, 0.717) is 55.9 Å². The number of amides is 7. The molecular weight excluding hydrogens is 949 g/mol. The van der Waals surface area contributed by atoms with Crippen LogP contribution in [0.2, 0.25) is 0 Å². The van der Waals surface area contributed by atoms with Gasteiger partial charge in [0.1, 0.15) is 13.2 Å². The maximum Gasteiger partial charge on any atom is 0.312 e. The van der Waals surface area contributed by atoms with Gasteiger partial charge in [0, 0.05) is 61.6 Å². The fraction of sp³-hybridized carbons (Fsp3) is 0.618. The van der Waals surface area contributed by atoms with Gasteiger partial charge in [0.15, 0.2) is 11.6 Å². The second kappa shape index (κ2) is 34.9. The van der Waals surface area contributed by atoms with Crippen molar-refractivity contribution in [2.24, 2.45) is 52.9 Å². The van der Waals surface area contributed by atoms with Gasteiger partial charge in [0.25, 0.3) is 0 Å². The Bertz CT molecular complexity index is 2090. The van der Waals surface area contributed by atoms with Gasteiger partial charge in [-0.2, -0.15) is 0 Å². The molecule has 19 nitrogen and oxygen atoms in total. The molecule has 19 heteroatoms. The molecule has 0 saturated heterocycles. The van der Waals surface area contributed by atoms with E-state index in [4.69, 9.17) is 20.9 Å². The number of ketones is 2. The predicted molar refractivity (Wildman–Crippen MR) is 287 cm³/mol. The molecule has 74 heavy (non-hydrogen) atoms. The lowest BCUT2D eigenvalue weighted by Gasteiger charge is -2.25. The summed E-state index contributed by atoms with van der Waals surface area (Å²) in [5, 5.41) is 16.9. The number of nitrogens with one attached hydrogen (secondary N) is 6. The highest BCUT2D eigenvalue weighted by molar-refractivity contribution is 5.98. The van der Waals surface area contributed by atoms with Crippen molar-refractivity contribution >= 4 is 64.7 Å². The molecule has 7 amide bonds. The Balaban J connectivity index is 0.000000744. The molecule has 2 aromatic rings.